The van der Waals surface area contributed by atoms with Crippen LogP contribution in [-0.4, -0.2) is 47.4 Å². The fourth-order valence-corrected chi connectivity index (χ4v) is 3.26. The number of hydrogen-bond acceptors (Lipinski definition) is 4. The molecule has 5 nitrogen and oxygen atoms in total. The number of carbonyl (C=O) groups excluding carboxylic acids is 1. The van der Waals surface area contributed by atoms with Crippen LogP contribution in [0.4, 0.5) is 5.69 Å². The SMILES string of the molecule is COc1cccc(OCCCCCCCCOC(=O)Cc2ccc([N+](C)(C)C)cc2)c1.[I-]. The number of rotatable bonds is 14. The summed E-state index contributed by atoms with van der Waals surface area (Å²) in [5.74, 6) is 1.52. The number of quaternary nitrogens is 1. The summed E-state index contributed by atoms with van der Waals surface area (Å²) in [6.07, 6.45) is 6.86. The highest BCUT2D eigenvalue weighted by Crippen LogP contribution is 2.19. The van der Waals surface area contributed by atoms with E-state index in [0.717, 1.165) is 60.3 Å². The van der Waals surface area contributed by atoms with E-state index in [1.807, 2.05) is 36.4 Å². The van der Waals surface area contributed by atoms with Gasteiger partial charge in [-0.2, -0.15) is 0 Å². The first kappa shape index (κ1) is 28.2. The molecular weight excluding hydrogens is 517 g/mol. The monoisotopic (exact) mass is 555 g/mol. The summed E-state index contributed by atoms with van der Waals surface area (Å²) in [7, 11) is 8.03. The van der Waals surface area contributed by atoms with Crippen molar-refractivity contribution in [2.24, 2.45) is 0 Å². The van der Waals surface area contributed by atoms with Gasteiger partial charge in [0.1, 0.15) is 17.2 Å². The minimum absolute atomic E-state index is 0. The lowest BCUT2D eigenvalue weighted by atomic mass is 10.1. The van der Waals surface area contributed by atoms with E-state index in [1.165, 1.54) is 12.1 Å². The fraction of sp³-hybridized carbons (Fsp3) is 0.500. The van der Waals surface area contributed by atoms with Crippen LogP contribution in [0.15, 0.2) is 48.5 Å². The summed E-state index contributed by atoms with van der Waals surface area (Å²) < 4.78 is 17.1. The van der Waals surface area contributed by atoms with E-state index in [1.54, 1.807) is 7.11 Å². The number of hydrogen-bond donors (Lipinski definition) is 0. The zero-order valence-corrected chi connectivity index (χ0v) is 22.1. The summed E-state index contributed by atoms with van der Waals surface area (Å²) in [4.78, 5) is 12.0. The van der Waals surface area contributed by atoms with Crippen LogP contribution in [0.25, 0.3) is 0 Å². The third kappa shape index (κ3) is 11.2. The number of benzene rings is 2. The third-order valence-electron chi connectivity index (χ3n) is 5.17. The van der Waals surface area contributed by atoms with E-state index in [0.29, 0.717) is 13.0 Å². The Morgan fingerprint density at radius 3 is 2.03 bits per heavy atom. The van der Waals surface area contributed by atoms with Crippen LogP contribution in [-0.2, 0) is 16.0 Å². The third-order valence-corrected chi connectivity index (χ3v) is 5.17. The topological polar surface area (TPSA) is 44.8 Å². The van der Waals surface area contributed by atoms with Crippen molar-refractivity contribution in [3.63, 3.8) is 0 Å². The molecule has 6 heteroatoms. The van der Waals surface area contributed by atoms with E-state index < -0.39 is 0 Å². The van der Waals surface area contributed by atoms with Crippen LogP contribution in [0.1, 0.15) is 44.1 Å². The molecule has 0 saturated carbocycles. The van der Waals surface area contributed by atoms with Crippen molar-refractivity contribution in [3.05, 3.63) is 54.1 Å². The van der Waals surface area contributed by atoms with Gasteiger partial charge in [-0.05, 0) is 42.7 Å². The minimum atomic E-state index is -0.146. The lowest BCUT2D eigenvalue weighted by Gasteiger charge is -2.23. The fourth-order valence-electron chi connectivity index (χ4n) is 3.26. The molecule has 0 aliphatic carbocycles. The molecule has 2 aromatic carbocycles. The highest BCUT2D eigenvalue weighted by molar-refractivity contribution is 5.72. The molecule has 0 aliphatic rings. The maximum absolute atomic E-state index is 12.0. The van der Waals surface area contributed by atoms with Gasteiger partial charge in [0.25, 0.3) is 0 Å². The van der Waals surface area contributed by atoms with Gasteiger partial charge in [-0.3, -0.25) is 9.28 Å². The Balaban J connectivity index is 0.00000512. The molecule has 0 heterocycles. The van der Waals surface area contributed by atoms with Crippen molar-refractivity contribution >= 4 is 11.7 Å². The van der Waals surface area contributed by atoms with Gasteiger partial charge in [0, 0.05) is 6.07 Å². The first-order valence-corrected chi connectivity index (χ1v) is 11.2. The second kappa shape index (κ2) is 15.1. The molecule has 2 aromatic rings. The van der Waals surface area contributed by atoms with Gasteiger partial charge >= 0.3 is 5.97 Å². The molecule has 0 N–H and O–H groups in total. The maximum atomic E-state index is 12.0. The second-order valence-corrected chi connectivity index (χ2v) is 8.72. The summed E-state index contributed by atoms with van der Waals surface area (Å²) in [6, 6.07) is 15.9. The van der Waals surface area contributed by atoms with Gasteiger partial charge in [0.15, 0.2) is 0 Å². The molecule has 178 valence electrons. The molecule has 32 heavy (non-hydrogen) atoms. The molecule has 0 bridgehead atoms. The molecule has 0 radical (unpaired) electrons. The number of nitrogens with zero attached hydrogens (tertiary/aromatic N) is 1. The summed E-state index contributed by atoms with van der Waals surface area (Å²) >= 11 is 0. The molecule has 0 spiro atoms. The Labute approximate surface area is 210 Å². The largest absolute Gasteiger partial charge is 1.00 e. The van der Waals surface area contributed by atoms with Crippen molar-refractivity contribution in [2.45, 2.75) is 44.9 Å². The summed E-state index contributed by atoms with van der Waals surface area (Å²) in [5.41, 5.74) is 2.21. The Morgan fingerprint density at radius 1 is 0.812 bits per heavy atom. The Bertz CT molecular complexity index is 787. The van der Waals surface area contributed by atoms with Crippen molar-refractivity contribution < 1.29 is 43.0 Å². The van der Waals surface area contributed by atoms with Crippen molar-refractivity contribution in [2.75, 3.05) is 41.5 Å². The Kier molecular flexibility index (Phi) is 13.3. The van der Waals surface area contributed by atoms with Crippen molar-refractivity contribution in [1.29, 1.82) is 0 Å². The number of unbranched alkanes of at least 4 members (excludes halogenated alkanes) is 5. The maximum Gasteiger partial charge on any atom is 0.310 e. The zero-order chi connectivity index (χ0) is 22.5. The molecular formula is C26H38INO4. The molecule has 0 unspecified atom stereocenters. The van der Waals surface area contributed by atoms with Gasteiger partial charge in [0.05, 0.1) is 47.9 Å². The lowest BCUT2D eigenvalue weighted by molar-refractivity contribution is -0.142. The molecule has 0 atom stereocenters. The highest BCUT2D eigenvalue weighted by atomic mass is 127. The van der Waals surface area contributed by atoms with Crippen LogP contribution >= 0.6 is 0 Å². The Morgan fingerprint density at radius 2 is 1.41 bits per heavy atom. The van der Waals surface area contributed by atoms with E-state index in [4.69, 9.17) is 14.2 Å². The Hall–Kier alpha value is -1.80. The zero-order valence-electron chi connectivity index (χ0n) is 19.9. The average molecular weight is 555 g/mol. The first-order valence-electron chi connectivity index (χ1n) is 11.2. The van der Waals surface area contributed by atoms with Crippen LogP contribution in [0.5, 0.6) is 11.5 Å². The van der Waals surface area contributed by atoms with Crippen LogP contribution in [0.3, 0.4) is 0 Å². The van der Waals surface area contributed by atoms with E-state index >= 15 is 0 Å². The molecule has 0 aliphatic heterocycles. The molecule has 0 aromatic heterocycles. The van der Waals surface area contributed by atoms with Gasteiger partial charge in [-0.1, -0.05) is 43.9 Å². The smallest absolute Gasteiger partial charge is 0.310 e. The number of carbonyl (C=O) groups is 1. The molecule has 0 amide bonds. The standard InChI is InChI=1S/C26H38NO4.HI/c1-27(2,3)23-16-14-22(15-17-23)20-26(28)31-19-10-8-6-5-7-9-18-30-25-13-11-12-24(21-25)29-4;/h11-17,21H,5-10,18-20H2,1-4H3;1H/q+1;/p-1. The van der Waals surface area contributed by atoms with Gasteiger partial charge in [-0.15, -0.1) is 0 Å². The van der Waals surface area contributed by atoms with Gasteiger partial charge in [0.2, 0.25) is 0 Å². The van der Waals surface area contributed by atoms with E-state index in [9.17, 15) is 4.79 Å². The van der Waals surface area contributed by atoms with Gasteiger partial charge < -0.3 is 38.2 Å². The number of esters is 1. The summed E-state index contributed by atoms with van der Waals surface area (Å²) in [5, 5.41) is 0. The van der Waals surface area contributed by atoms with Crippen LogP contribution in [0, 0.1) is 0 Å². The van der Waals surface area contributed by atoms with Crippen LogP contribution in [0.2, 0.25) is 0 Å². The minimum Gasteiger partial charge on any atom is -1.00 e. The van der Waals surface area contributed by atoms with Crippen LogP contribution < -0.4 is 37.9 Å². The number of halogens is 1. The average Bonchev–Trinajstić information content (AvgIpc) is 2.75. The first-order chi connectivity index (χ1) is 14.9. The number of methoxy groups -OCH3 is 1. The van der Waals surface area contributed by atoms with E-state index in [2.05, 4.69) is 33.3 Å². The highest BCUT2D eigenvalue weighted by Gasteiger charge is 2.12. The lowest BCUT2D eigenvalue weighted by Crippen LogP contribution is -3.00. The normalized spacial score (nSPS) is 10.9. The molecule has 0 fully saturated rings. The molecule has 0 saturated heterocycles. The summed E-state index contributed by atoms with van der Waals surface area (Å²) in [6.45, 7) is 1.23. The predicted octanol–water partition coefficient (Wildman–Crippen LogP) is 2.40. The predicted molar refractivity (Wildman–Crippen MR) is 127 cm³/mol. The quantitative estimate of drug-likeness (QED) is 0.156. The van der Waals surface area contributed by atoms with Gasteiger partial charge in [-0.25, -0.2) is 0 Å². The van der Waals surface area contributed by atoms with Crippen molar-refractivity contribution in [1.82, 2.24) is 4.48 Å². The number of ether oxygens (including phenoxy) is 3. The van der Waals surface area contributed by atoms with Crippen molar-refractivity contribution in [3.8, 4) is 11.5 Å². The second-order valence-electron chi connectivity index (χ2n) is 8.72. The molecule has 2 rings (SSSR count). The van der Waals surface area contributed by atoms with E-state index in [-0.39, 0.29) is 29.9 Å².